The van der Waals surface area contributed by atoms with Gasteiger partial charge in [0.1, 0.15) is 0 Å². The van der Waals surface area contributed by atoms with Crippen LogP contribution in [0.15, 0.2) is 158 Å². The fourth-order valence-corrected chi connectivity index (χ4v) is 11.6. The second-order valence-corrected chi connectivity index (χ2v) is 23.9. The molecule has 0 atom stereocenters. The Labute approximate surface area is 491 Å². The number of nitrogens with zero attached hydrogens (tertiary/aromatic N) is 6. The molecule has 0 unspecified atom stereocenters. The van der Waals surface area contributed by atoms with Gasteiger partial charge in [-0.15, -0.1) is 0 Å². The molecule has 2 aliphatic rings. The molecule has 0 saturated carbocycles. The molecule has 12 nitrogen and oxygen atoms in total. The molecular formula is C66H54F6N6O6S2. The average molecular weight is 1210 g/mol. The van der Waals surface area contributed by atoms with Gasteiger partial charge in [-0.05, 0) is 69.8 Å². The SMILES string of the molecule is Cn1cc(/C=C/c2cc(/C=C/c3cn(C)c4ccccc34)[n+]3c(c2)-c2c(ccc4c2-c2cc(/C=C/c5cn(C)c6ccccc56)cc(/C=C/c5cn(C)c6ccccc56)[n+]2CC4)CC3)c2ccccc21.O=S(=O)([O-])C(F)(F)F.O=S(=O)([O-])C(F)(F)F. The van der Waals surface area contributed by atoms with Crippen LogP contribution in [0, 0.1) is 0 Å². The van der Waals surface area contributed by atoms with E-state index in [-0.39, 0.29) is 0 Å². The van der Waals surface area contributed by atoms with E-state index in [9.17, 15) is 26.3 Å². The van der Waals surface area contributed by atoms with Gasteiger partial charge in [0.25, 0.3) is 0 Å². The molecule has 11 aromatic rings. The molecule has 0 amide bonds. The summed E-state index contributed by atoms with van der Waals surface area (Å²) in [4.78, 5) is 0. The number of hydrogen-bond donors (Lipinski definition) is 0. The van der Waals surface area contributed by atoms with Crippen molar-refractivity contribution in [2.75, 3.05) is 0 Å². The third-order valence-electron chi connectivity index (χ3n) is 15.6. The third-order valence-corrected chi connectivity index (χ3v) is 16.7. The van der Waals surface area contributed by atoms with Gasteiger partial charge >= 0.3 is 11.0 Å². The molecule has 8 heterocycles. The molecule has 0 aliphatic carbocycles. The van der Waals surface area contributed by atoms with E-state index in [0.717, 1.165) is 25.9 Å². The van der Waals surface area contributed by atoms with Crippen LogP contribution >= 0.6 is 0 Å². The standard InChI is InChI=1S/C64H54N6.2CHF3O3S/c1-65-39-47(53-13-5-9-17-57(53)65)23-21-43-35-51(29-27-49-41-67(3)59-19-11-7-15-55(49)59)69-33-31-45-25-26-46-32-34-70-52(30-28-50-42-68(4)60-20-12-8-16-56(50)60)36-44(38-62(70)64(46)63(45)61(69)37-43)22-24-48-40-66(2)58-18-10-6-14-54(48)58;2*2-1(3,4)8(5,6)7/h5-30,35-42H,31-34H2,1-4H3;2*(H,5,6,7)/q+2;;/p-2. The zero-order valence-corrected chi connectivity index (χ0v) is 48.3. The van der Waals surface area contributed by atoms with E-state index < -0.39 is 31.3 Å². The summed E-state index contributed by atoms with van der Waals surface area (Å²) in [6, 6.07) is 49.2. The summed E-state index contributed by atoms with van der Waals surface area (Å²) in [6.07, 6.45) is 29.4. The number of rotatable bonds is 8. The van der Waals surface area contributed by atoms with E-state index in [1.807, 2.05) is 0 Å². The van der Waals surface area contributed by atoms with Crippen LogP contribution in [0.3, 0.4) is 0 Å². The molecule has 0 fully saturated rings. The minimum Gasteiger partial charge on any atom is -0.741 e. The number of hydrogen-bond acceptors (Lipinski definition) is 6. The number of halogens is 6. The van der Waals surface area contributed by atoms with Gasteiger partial charge in [-0.1, -0.05) is 109 Å². The van der Waals surface area contributed by atoms with Crippen molar-refractivity contribution in [1.29, 1.82) is 0 Å². The fraction of sp³-hybridized carbons (Fsp3) is 0.152. The normalized spacial score (nSPS) is 13.6. The van der Waals surface area contributed by atoms with E-state index in [2.05, 4.69) is 262 Å². The summed E-state index contributed by atoms with van der Waals surface area (Å²) in [7, 11) is -3.63. The van der Waals surface area contributed by atoms with Crippen molar-refractivity contribution in [3.63, 3.8) is 0 Å². The van der Waals surface area contributed by atoms with Gasteiger partial charge in [-0.3, -0.25) is 0 Å². The van der Waals surface area contributed by atoms with Crippen molar-refractivity contribution in [3.05, 3.63) is 214 Å². The Hall–Kier alpha value is -9.08. The van der Waals surface area contributed by atoms with E-state index in [0.29, 0.717) is 0 Å². The zero-order chi connectivity index (χ0) is 61.0. The number of benzene rings is 5. The molecule has 0 bridgehead atoms. The second-order valence-electron chi connectivity index (χ2n) is 21.1. The maximum Gasteiger partial charge on any atom is 0.485 e. The molecule has 0 spiro atoms. The van der Waals surface area contributed by atoms with Crippen molar-refractivity contribution >= 4 is 112 Å². The van der Waals surface area contributed by atoms with Gasteiger partial charge in [0.05, 0.1) is 11.1 Å². The maximum absolute atomic E-state index is 10.7. The summed E-state index contributed by atoms with van der Waals surface area (Å²) in [5.74, 6) is 0. The number of pyridine rings is 2. The number of para-hydroxylation sites is 4. The zero-order valence-electron chi connectivity index (χ0n) is 46.7. The molecule has 86 heavy (non-hydrogen) atoms. The van der Waals surface area contributed by atoms with Gasteiger partial charge in [0, 0.05) is 157 Å². The van der Waals surface area contributed by atoms with Crippen LogP contribution in [0.2, 0.25) is 0 Å². The predicted octanol–water partition coefficient (Wildman–Crippen LogP) is 13.5. The number of fused-ring (bicyclic) bond motifs is 11. The number of aromatic nitrogens is 6. The van der Waals surface area contributed by atoms with E-state index in [1.54, 1.807) is 0 Å². The lowest BCUT2D eigenvalue weighted by atomic mass is 9.84. The quantitative estimate of drug-likeness (QED) is 0.0642. The number of alkyl halides is 6. The Morgan fingerprint density at radius 2 is 0.674 bits per heavy atom. The topological polar surface area (TPSA) is 142 Å². The molecule has 5 aromatic carbocycles. The molecular weight excluding hydrogens is 1150 g/mol. The Kier molecular flexibility index (Phi) is 15.5. The smallest absolute Gasteiger partial charge is 0.485 e. The predicted molar refractivity (Wildman–Crippen MR) is 324 cm³/mol. The monoisotopic (exact) mass is 1200 g/mol. The summed E-state index contributed by atoms with van der Waals surface area (Å²) in [6.45, 7) is 1.80. The lowest BCUT2D eigenvalue weighted by molar-refractivity contribution is -0.691. The van der Waals surface area contributed by atoms with Gasteiger partial charge in [0.2, 0.25) is 22.8 Å². The summed E-state index contributed by atoms with van der Waals surface area (Å²) >= 11 is 0. The van der Waals surface area contributed by atoms with Crippen LogP contribution in [0.25, 0.3) is 115 Å². The van der Waals surface area contributed by atoms with Crippen LogP contribution in [-0.2, 0) is 74.4 Å². The Balaban J connectivity index is 0.000000424. The lowest BCUT2D eigenvalue weighted by Crippen LogP contribution is -2.46. The first-order valence-electron chi connectivity index (χ1n) is 27.1. The molecule has 2 aliphatic heterocycles. The minimum atomic E-state index is -6.09. The molecule has 0 radical (unpaired) electrons. The molecule has 6 aromatic heterocycles. The first kappa shape index (κ1) is 58.7. The minimum absolute atomic E-state index is 0.899. The van der Waals surface area contributed by atoms with Crippen molar-refractivity contribution < 1.29 is 61.4 Å². The maximum atomic E-state index is 10.7. The van der Waals surface area contributed by atoms with Crippen molar-refractivity contribution in [3.8, 4) is 22.5 Å². The van der Waals surface area contributed by atoms with Crippen LogP contribution < -0.4 is 9.13 Å². The summed E-state index contributed by atoms with van der Waals surface area (Å²) in [5.41, 5.74) is 11.3. The highest BCUT2D eigenvalue weighted by Crippen LogP contribution is 2.41. The molecule has 438 valence electrons. The Morgan fingerprint density at radius 3 is 0.953 bits per heavy atom. The van der Waals surface area contributed by atoms with Crippen LogP contribution in [0.4, 0.5) is 26.3 Å². The van der Waals surface area contributed by atoms with Crippen molar-refractivity contribution in [2.24, 2.45) is 28.2 Å². The number of aryl methyl sites for hydroxylation is 6. The highest BCUT2D eigenvalue weighted by Gasteiger charge is 2.38. The van der Waals surface area contributed by atoms with Gasteiger partial charge in [-0.2, -0.15) is 35.5 Å². The van der Waals surface area contributed by atoms with Gasteiger partial charge < -0.3 is 27.4 Å². The van der Waals surface area contributed by atoms with Crippen LogP contribution in [0.1, 0.15) is 55.9 Å². The molecule has 0 N–H and O–H groups in total. The Bertz CT molecular complexity index is 4560. The second kappa shape index (κ2) is 22.7. The Morgan fingerprint density at radius 1 is 0.407 bits per heavy atom. The lowest BCUT2D eigenvalue weighted by Gasteiger charge is -2.24. The first-order valence-corrected chi connectivity index (χ1v) is 29.9. The molecule has 0 saturated heterocycles. The molecule has 20 heteroatoms. The summed E-state index contributed by atoms with van der Waals surface area (Å²) < 4.78 is 132. The fourth-order valence-electron chi connectivity index (χ4n) is 11.6. The van der Waals surface area contributed by atoms with E-state index in [1.165, 1.54) is 122 Å². The van der Waals surface area contributed by atoms with Gasteiger partial charge in [0.15, 0.2) is 33.3 Å². The van der Waals surface area contributed by atoms with Crippen molar-refractivity contribution in [2.45, 2.75) is 36.9 Å². The van der Waals surface area contributed by atoms with Crippen molar-refractivity contribution in [1.82, 2.24) is 18.3 Å². The van der Waals surface area contributed by atoms with E-state index >= 15 is 0 Å². The van der Waals surface area contributed by atoms with Gasteiger partial charge in [-0.25, -0.2) is 16.8 Å². The summed E-state index contributed by atoms with van der Waals surface area (Å²) in [5, 5.41) is 5.04. The first-order chi connectivity index (χ1) is 40.8. The molecule has 13 rings (SSSR count). The van der Waals surface area contributed by atoms with E-state index in [4.69, 9.17) is 25.9 Å². The van der Waals surface area contributed by atoms with Crippen LogP contribution in [-0.4, -0.2) is 55.2 Å². The highest BCUT2D eigenvalue weighted by atomic mass is 32.2. The largest absolute Gasteiger partial charge is 0.741 e. The third kappa shape index (κ3) is 11.6. The van der Waals surface area contributed by atoms with Crippen LogP contribution in [0.5, 0.6) is 0 Å². The highest BCUT2D eigenvalue weighted by molar-refractivity contribution is 7.86. The average Bonchev–Trinajstić information content (AvgIpc) is 1.11.